The molecule has 0 atom stereocenters. The number of benzene rings is 5. The van der Waals surface area contributed by atoms with Crippen LogP contribution in [0.15, 0.2) is 150 Å². The molecule has 229 valence electrons. The Hall–Kier alpha value is -4.01. The summed E-state index contributed by atoms with van der Waals surface area (Å²) in [6.45, 7) is 4.76. The third-order valence-electron chi connectivity index (χ3n) is 8.43. The molecule has 1 saturated heterocycles. The molecular formula is C41H33F2OOsP+. The fourth-order valence-corrected chi connectivity index (χ4v) is 12.1. The molecule has 0 unspecified atom stereocenters. The van der Waals surface area contributed by atoms with Gasteiger partial charge in [0.1, 0.15) is 0 Å². The van der Waals surface area contributed by atoms with Gasteiger partial charge in [0.05, 0.1) is 0 Å². The van der Waals surface area contributed by atoms with Crippen LogP contribution in [0.5, 0.6) is 0 Å². The zero-order chi connectivity index (χ0) is 32.1. The first-order valence-electron chi connectivity index (χ1n) is 15.2. The maximum atomic E-state index is 17.1. The van der Waals surface area contributed by atoms with E-state index in [4.69, 9.17) is 4.74 Å². The summed E-state index contributed by atoms with van der Waals surface area (Å²) < 4.78 is 42.2. The van der Waals surface area contributed by atoms with E-state index in [9.17, 15) is 0 Å². The molecule has 1 aliphatic rings. The normalized spacial score (nSPS) is 15.9. The second-order valence-corrected chi connectivity index (χ2v) is 15.0. The van der Waals surface area contributed by atoms with Gasteiger partial charge in [0.25, 0.3) is 0 Å². The van der Waals surface area contributed by atoms with Crippen LogP contribution in [0.1, 0.15) is 25.0 Å². The van der Waals surface area contributed by atoms with Crippen LogP contribution in [-0.2, 0) is 22.7 Å². The molecule has 0 N–H and O–H groups in total. The number of halogens is 2. The van der Waals surface area contributed by atoms with Crippen LogP contribution < -0.4 is 15.9 Å². The number of hydrogen-bond donors (Lipinski definition) is 0. The van der Waals surface area contributed by atoms with Crippen LogP contribution in [0.2, 0.25) is 0 Å². The Morgan fingerprint density at radius 2 is 1.22 bits per heavy atom. The Balaban J connectivity index is 1.80. The quantitative estimate of drug-likeness (QED) is 0.149. The van der Waals surface area contributed by atoms with Crippen LogP contribution in [0.3, 0.4) is 0 Å². The van der Waals surface area contributed by atoms with Crippen molar-refractivity contribution in [1.82, 2.24) is 0 Å². The van der Waals surface area contributed by atoms with E-state index in [1.54, 1.807) is 54.4 Å². The summed E-state index contributed by atoms with van der Waals surface area (Å²) in [7, 11) is -2.66. The van der Waals surface area contributed by atoms with Gasteiger partial charge in [-0.3, -0.25) is 0 Å². The SMILES string of the molecule is CC=C1COCC1=CC(=C([C]#[Os])[P+](c1ccccc1)(c1ccccc1)c1ccccc1)c1ccc2c(F)c(/C=C/C)ccc2c1F. The summed E-state index contributed by atoms with van der Waals surface area (Å²) in [6.07, 6.45) is 7.62. The van der Waals surface area contributed by atoms with Gasteiger partial charge in [0.2, 0.25) is 0 Å². The Morgan fingerprint density at radius 3 is 1.74 bits per heavy atom. The monoisotopic (exact) mass is 802 g/mol. The predicted molar refractivity (Wildman–Crippen MR) is 187 cm³/mol. The fourth-order valence-electron chi connectivity index (χ4n) is 6.25. The summed E-state index contributed by atoms with van der Waals surface area (Å²) in [5.74, 6) is -0.889. The molecular weight excluding hydrogens is 768 g/mol. The summed E-state index contributed by atoms with van der Waals surface area (Å²) in [5, 5.41) is 4.81. The second-order valence-electron chi connectivity index (χ2n) is 11.0. The standard InChI is InChI=1S/C41H33F2OP.Os/c1-4-15-31-22-23-37-36(40(31)42)24-25-38(41(37)43)39(26-32-28-44-27-30(32)5-2)29(3)45(33-16-9-6-10-17-33,34-18-11-7-12-19-34)35-20-13-8-14-21-35;/h4-26H,27-28H2,1-2H3;/q+1;/b15-4+,30-5?,32-26?,39-29?;. The minimum absolute atomic E-state index is 0.244. The number of hydrogen-bond acceptors (Lipinski definition) is 1. The van der Waals surface area contributed by atoms with Gasteiger partial charge in [-0.05, 0) is 0 Å². The zero-order valence-corrected chi connectivity index (χ0v) is 29.1. The molecule has 0 amide bonds. The van der Waals surface area contributed by atoms with Crippen molar-refractivity contribution in [3.63, 3.8) is 0 Å². The van der Waals surface area contributed by atoms with Crippen LogP contribution in [-0.4, -0.2) is 13.2 Å². The summed E-state index contributed by atoms with van der Waals surface area (Å²) >= 11 is 1.66. The Kier molecular flexibility index (Phi) is 9.85. The number of rotatable bonds is 7. The zero-order valence-electron chi connectivity index (χ0n) is 25.7. The first-order chi connectivity index (χ1) is 22.5. The van der Waals surface area contributed by atoms with Gasteiger partial charge in [-0.15, -0.1) is 0 Å². The Bertz CT molecular complexity index is 1960. The van der Waals surface area contributed by atoms with Gasteiger partial charge < -0.3 is 0 Å². The Morgan fingerprint density at radius 1 is 0.696 bits per heavy atom. The van der Waals surface area contributed by atoms with Crippen molar-refractivity contribution < 1.29 is 31.5 Å². The molecule has 1 heterocycles. The topological polar surface area (TPSA) is 9.23 Å². The van der Waals surface area contributed by atoms with Crippen LogP contribution in [0, 0.1) is 16.0 Å². The fraction of sp³-hybridized carbons (Fsp3) is 0.0976. The van der Waals surface area contributed by atoms with Crippen molar-refractivity contribution >= 4 is 45.6 Å². The third kappa shape index (κ3) is 5.73. The predicted octanol–water partition coefficient (Wildman–Crippen LogP) is 9.27. The molecule has 0 bridgehead atoms. The molecule has 46 heavy (non-hydrogen) atoms. The summed E-state index contributed by atoms with van der Waals surface area (Å²) in [4.78, 5) is 0. The van der Waals surface area contributed by atoms with Crippen molar-refractivity contribution in [2.24, 2.45) is 0 Å². The number of ether oxygens (including phenoxy) is 1. The first kappa shape index (κ1) is 31.9. The van der Waals surface area contributed by atoms with Crippen molar-refractivity contribution in [3.8, 4) is 4.37 Å². The molecule has 1 aliphatic heterocycles. The molecule has 1 fully saturated rings. The van der Waals surface area contributed by atoms with E-state index in [0.29, 0.717) is 24.3 Å². The van der Waals surface area contributed by atoms with E-state index in [0.717, 1.165) is 37.9 Å². The maximum absolute atomic E-state index is 17.1. The second kappa shape index (κ2) is 14.2. The molecule has 0 spiro atoms. The average Bonchev–Trinajstić information content (AvgIpc) is 3.56. The van der Waals surface area contributed by atoms with Crippen molar-refractivity contribution in [1.29, 1.82) is 0 Å². The first-order valence-corrected chi connectivity index (χ1v) is 18.2. The van der Waals surface area contributed by atoms with Crippen molar-refractivity contribution in [2.45, 2.75) is 13.8 Å². The summed E-state index contributed by atoms with van der Waals surface area (Å²) in [6, 6.07) is 38.2. The van der Waals surface area contributed by atoms with Crippen molar-refractivity contribution in [2.75, 3.05) is 13.2 Å². The molecule has 5 heteroatoms. The van der Waals surface area contributed by atoms with E-state index in [1.807, 2.05) is 32.0 Å². The van der Waals surface area contributed by atoms with Gasteiger partial charge in [0.15, 0.2) is 0 Å². The van der Waals surface area contributed by atoms with Crippen LogP contribution in [0.4, 0.5) is 8.78 Å². The van der Waals surface area contributed by atoms with Gasteiger partial charge in [-0.1, -0.05) is 0 Å². The number of allylic oxidation sites excluding steroid dienone is 5. The van der Waals surface area contributed by atoms with E-state index >= 15 is 8.78 Å². The third-order valence-corrected chi connectivity index (χ3v) is 13.8. The molecule has 0 saturated carbocycles. The summed E-state index contributed by atoms with van der Waals surface area (Å²) in [5.41, 5.74) is 3.62. The number of fused-ring (bicyclic) bond motifs is 1. The molecule has 0 aliphatic carbocycles. The van der Waals surface area contributed by atoms with Gasteiger partial charge in [-0.2, -0.15) is 0 Å². The van der Waals surface area contributed by atoms with Gasteiger partial charge >= 0.3 is 281 Å². The molecule has 0 radical (unpaired) electrons. The molecule has 5 aromatic carbocycles. The molecule has 0 aromatic heterocycles. The molecule has 6 rings (SSSR count). The van der Waals surface area contributed by atoms with Gasteiger partial charge in [0, 0.05) is 0 Å². The average molecular weight is 801 g/mol. The van der Waals surface area contributed by atoms with Crippen LogP contribution in [0.25, 0.3) is 22.4 Å². The molecule has 5 aromatic rings. The van der Waals surface area contributed by atoms with Crippen molar-refractivity contribution in [3.05, 3.63) is 173 Å². The van der Waals surface area contributed by atoms with E-state index in [2.05, 4.69) is 89.3 Å². The Labute approximate surface area is 280 Å². The minimum atomic E-state index is -2.66. The van der Waals surface area contributed by atoms with Gasteiger partial charge in [-0.25, -0.2) is 0 Å². The molecule has 1 nitrogen and oxygen atoms in total. The van der Waals surface area contributed by atoms with E-state index < -0.39 is 18.9 Å². The van der Waals surface area contributed by atoms with Crippen LogP contribution >= 0.6 is 7.26 Å². The van der Waals surface area contributed by atoms with E-state index in [-0.39, 0.29) is 10.8 Å². The van der Waals surface area contributed by atoms with E-state index in [1.165, 1.54) is 0 Å².